The highest BCUT2D eigenvalue weighted by Gasteiger charge is 2.30. The quantitative estimate of drug-likeness (QED) is 0.541. The van der Waals surface area contributed by atoms with Gasteiger partial charge in [-0.15, -0.1) is 0 Å². The lowest BCUT2D eigenvalue weighted by atomic mass is 9.75. The number of ether oxygens (including phenoxy) is 1. The molecule has 1 fully saturated rings. The topological polar surface area (TPSA) is 26.3 Å². The summed E-state index contributed by atoms with van der Waals surface area (Å²) in [6, 6.07) is 0. The van der Waals surface area contributed by atoms with Crippen LogP contribution in [0.15, 0.2) is 12.2 Å². The number of hydrogen-bond donors (Lipinski definition) is 0. The normalized spacial score (nSPS) is 30.2. The molecule has 0 aromatic heterocycles. The minimum Gasteiger partial charge on any atom is -0.459 e. The first-order valence-electron chi connectivity index (χ1n) is 6.26. The number of hydrogen-bond acceptors (Lipinski definition) is 2. The van der Waals surface area contributed by atoms with E-state index in [2.05, 4.69) is 27.4 Å². The Hall–Kier alpha value is -0.790. The summed E-state index contributed by atoms with van der Waals surface area (Å²) in [7, 11) is 0. The first kappa shape index (κ1) is 13.3. The Morgan fingerprint density at radius 1 is 1.31 bits per heavy atom. The van der Waals surface area contributed by atoms with Crippen LogP contribution in [0, 0.1) is 17.8 Å². The lowest BCUT2D eigenvalue weighted by Gasteiger charge is -2.35. The van der Waals surface area contributed by atoms with E-state index in [9.17, 15) is 4.79 Å². The second kappa shape index (κ2) is 5.51. The van der Waals surface area contributed by atoms with Gasteiger partial charge in [-0.2, -0.15) is 0 Å². The molecule has 1 rings (SSSR count). The largest absolute Gasteiger partial charge is 0.459 e. The van der Waals surface area contributed by atoms with Gasteiger partial charge in [0.15, 0.2) is 0 Å². The van der Waals surface area contributed by atoms with Crippen LogP contribution in [-0.4, -0.2) is 12.1 Å². The zero-order valence-electron chi connectivity index (χ0n) is 11.0. The van der Waals surface area contributed by atoms with Gasteiger partial charge in [0.25, 0.3) is 0 Å². The van der Waals surface area contributed by atoms with Gasteiger partial charge in [0.2, 0.25) is 0 Å². The van der Waals surface area contributed by atoms with Gasteiger partial charge in [0.05, 0.1) is 0 Å². The molecule has 3 unspecified atom stereocenters. The molecule has 0 spiro atoms. The van der Waals surface area contributed by atoms with E-state index < -0.39 is 0 Å². The summed E-state index contributed by atoms with van der Waals surface area (Å²) in [5, 5.41) is 0. The molecule has 0 bridgehead atoms. The molecule has 0 amide bonds. The van der Waals surface area contributed by atoms with Crippen molar-refractivity contribution >= 4 is 5.97 Å². The van der Waals surface area contributed by atoms with Crippen LogP contribution in [0.25, 0.3) is 0 Å². The van der Waals surface area contributed by atoms with Crippen LogP contribution in [-0.2, 0) is 9.53 Å². The fraction of sp³-hybridized carbons (Fsp3) is 0.786. The molecule has 0 aromatic carbocycles. The standard InChI is InChI=1S/C14H24O2/c1-9(2)12-6-11(5)7-13(8-12)16-14(15)10(3)4/h9,11-13H,3,6-8H2,1-2,4-5H3. The van der Waals surface area contributed by atoms with Crippen molar-refractivity contribution in [2.45, 2.75) is 53.1 Å². The van der Waals surface area contributed by atoms with Crippen molar-refractivity contribution < 1.29 is 9.53 Å². The highest BCUT2D eigenvalue weighted by molar-refractivity contribution is 5.87. The smallest absolute Gasteiger partial charge is 0.333 e. The first-order chi connectivity index (χ1) is 7.40. The van der Waals surface area contributed by atoms with Crippen LogP contribution >= 0.6 is 0 Å². The summed E-state index contributed by atoms with van der Waals surface area (Å²) in [5.41, 5.74) is 0.499. The van der Waals surface area contributed by atoms with Crippen molar-refractivity contribution in [1.29, 1.82) is 0 Å². The minimum atomic E-state index is -0.235. The summed E-state index contributed by atoms with van der Waals surface area (Å²) in [5.74, 6) is 1.78. The van der Waals surface area contributed by atoms with E-state index in [1.165, 1.54) is 6.42 Å². The van der Waals surface area contributed by atoms with Crippen LogP contribution < -0.4 is 0 Å². The van der Waals surface area contributed by atoms with Crippen LogP contribution in [0.4, 0.5) is 0 Å². The molecule has 0 saturated heterocycles. The van der Waals surface area contributed by atoms with Gasteiger partial charge in [-0.3, -0.25) is 0 Å². The maximum atomic E-state index is 11.5. The molecular weight excluding hydrogens is 200 g/mol. The van der Waals surface area contributed by atoms with E-state index in [0.717, 1.165) is 12.8 Å². The fourth-order valence-electron chi connectivity index (χ4n) is 2.48. The Labute approximate surface area is 99.1 Å². The summed E-state index contributed by atoms with van der Waals surface area (Å²) < 4.78 is 5.47. The van der Waals surface area contributed by atoms with Gasteiger partial charge in [-0.25, -0.2) is 4.79 Å². The number of esters is 1. The van der Waals surface area contributed by atoms with Gasteiger partial charge < -0.3 is 4.74 Å². The third kappa shape index (κ3) is 3.66. The van der Waals surface area contributed by atoms with Crippen LogP contribution in [0.2, 0.25) is 0 Å². The maximum absolute atomic E-state index is 11.5. The maximum Gasteiger partial charge on any atom is 0.333 e. The molecule has 0 radical (unpaired) electrons. The van der Waals surface area contributed by atoms with Crippen LogP contribution in [0.3, 0.4) is 0 Å². The summed E-state index contributed by atoms with van der Waals surface area (Å²) in [4.78, 5) is 11.5. The first-order valence-corrected chi connectivity index (χ1v) is 6.26. The summed E-state index contributed by atoms with van der Waals surface area (Å²) in [6.07, 6.45) is 3.38. The third-order valence-electron chi connectivity index (χ3n) is 3.50. The molecule has 1 aliphatic rings. The van der Waals surface area contributed by atoms with E-state index >= 15 is 0 Å². The molecule has 92 valence electrons. The van der Waals surface area contributed by atoms with E-state index in [1.807, 2.05) is 0 Å². The Bertz CT molecular complexity index is 268. The highest BCUT2D eigenvalue weighted by atomic mass is 16.5. The molecule has 0 aliphatic heterocycles. The van der Waals surface area contributed by atoms with Gasteiger partial charge in [-0.05, 0) is 43.9 Å². The van der Waals surface area contributed by atoms with Gasteiger partial charge >= 0.3 is 5.97 Å². The molecule has 1 saturated carbocycles. The Kier molecular flexibility index (Phi) is 4.57. The lowest BCUT2D eigenvalue weighted by Crippen LogP contribution is -2.31. The Morgan fingerprint density at radius 3 is 2.44 bits per heavy atom. The van der Waals surface area contributed by atoms with Crippen LogP contribution in [0.5, 0.6) is 0 Å². The Morgan fingerprint density at radius 2 is 1.94 bits per heavy atom. The second-order valence-corrected chi connectivity index (χ2v) is 5.62. The number of carbonyl (C=O) groups is 1. The van der Waals surface area contributed by atoms with E-state index in [0.29, 0.717) is 23.3 Å². The van der Waals surface area contributed by atoms with E-state index in [1.54, 1.807) is 6.92 Å². The molecule has 0 heterocycles. The predicted molar refractivity (Wildman–Crippen MR) is 66.0 cm³/mol. The lowest BCUT2D eigenvalue weighted by molar-refractivity contribution is -0.147. The molecular formula is C14H24O2. The van der Waals surface area contributed by atoms with Gasteiger partial charge in [0, 0.05) is 5.57 Å². The molecule has 2 nitrogen and oxygen atoms in total. The number of rotatable bonds is 3. The van der Waals surface area contributed by atoms with Crippen LogP contribution in [0.1, 0.15) is 47.0 Å². The highest BCUT2D eigenvalue weighted by Crippen LogP contribution is 2.35. The summed E-state index contributed by atoms with van der Waals surface area (Å²) in [6.45, 7) is 12.1. The Balaban J connectivity index is 2.54. The molecule has 2 heteroatoms. The third-order valence-corrected chi connectivity index (χ3v) is 3.50. The summed E-state index contributed by atoms with van der Waals surface area (Å²) >= 11 is 0. The molecule has 3 atom stereocenters. The van der Waals surface area contributed by atoms with E-state index in [4.69, 9.17) is 4.74 Å². The van der Waals surface area contributed by atoms with Crippen molar-refractivity contribution in [3.05, 3.63) is 12.2 Å². The van der Waals surface area contributed by atoms with Crippen molar-refractivity contribution in [2.24, 2.45) is 17.8 Å². The zero-order chi connectivity index (χ0) is 12.3. The minimum absolute atomic E-state index is 0.0975. The fourth-order valence-corrected chi connectivity index (χ4v) is 2.48. The van der Waals surface area contributed by atoms with E-state index in [-0.39, 0.29) is 12.1 Å². The van der Waals surface area contributed by atoms with Crippen molar-refractivity contribution in [3.63, 3.8) is 0 Å². The second-order valence-electron chi connectivity index (χ2n) is 5.62. The zero-order valence-corrected chi connectivity index (χ0v) is 11.0. The molecule has 0 aromatic rings. The molecule has 1 aliphatic carbocycles. The SMILES string of the molecule is C=C(C)C(=O)OC1CC(C)CC(C(C)C)C1. The average Bonchev–Trinajstić information content (AvgIpc) is 2.16. The van der Waals surface area contributed by atoms with Crippen molar-refractivity contribution in [1.82, 2.24) is 0 Å². The van der Waals surface area contributed by atoms with Gasteiger partial charge in [0.1, 0.15) is 6.10 Å². The number of carbonyl (C=O) groups excluding carboxylic acids is 1. The van der Waals surface area contributed by atoms with Crippen molar-refractivity contribution in [2.75, 3.05) is 0 Å². The average molecular weight is 224 g/mol. The molecule has 0 N–H and O–H groups in total. The van der Waals surface area contributed by atoms with Gasteiger partial charge in [-0.1, -0.05) is 27.4 Å². The monoisotopic (exact) mass is 224 g/mol. The van der Waals surface area contributed by atoms with Crippen molar-refractivity contribution in [3.8, 4) is 0 Å². The predicted octanol–water partition coefficient (Wildman–Crippen LogP) is 3.57. The molecule has 16 heavy (non-hydrogen) atoms.